The van der Waals surface area contributed by atoms with E-state index in [1.807, 2.05) is 4.68 Å². The summed E-state index contributed by atoms with van der Waals surface area (Å²) < 4.78 is 12.1. The predicted octanol–water partition coefficient (Wildman–Crippen LogP) is 1.53. The highest BCUT2D eigenvalue weighted by molar-refractivity contribution is 6.03. The Kier molecular flexibility index (Phi) is 3.01. The minimum absolute atomic E-state index is 0.185. The summed E-state index contributed by atoms with van der Waals surface area (Å²) in [6.07, 6.45) is 4.95. The van der Waals surface area contributed by atoms with E-state index in [4.69, 9.17) is 8.94 Å². The molecule has 22 heavy (non-hydrogen) atoms. The van der Waals surface area contributed by atoms with Crippen LogP contribution in [0.2, 0.25) is 0 Å². The van der Waals surface area contributed by atoms with E-state index in [0.717, 1.165) is 13.1 Å². The van der Waals surface area contributed by atoms with Crippen LogP contribution in [0.1, 0.15) is 16.5 Å². The molecule has 1 saturated heterocycles. The molecule has 0 unspecified atom stereocenters. The average Bonchev–Trinajstić information content (AvgIpc) is 3.18. The van der Waals surface area contributed by atoms with Crippen molar-refractivity contribution in [2.45, 2.75) is 6.04 Å². The van der Waals surface area contributed by atoms with Gasteiger partial charge < -0.3 is 19.6 Å². The van der Waals surface area contributed by atoms with Gasteiger partial charge in [0.1, 0.15) is 0 Å². The summed E-state index contributed by atoms with van der Waals surface area (Å²) in [6, 6.07) is 5.36. The van der Waals surface area contributed by atoms with Gasteiger partial charge in [-0.15, -0.1) is 0 Å². The molecule has 3 aromatic rings. The van der Waals surface area contributed by atoms with Gasteiger partial charge in [-0.3, -0.25) is 9.48 Å². The van der Waals surface area contributed by atoms with Crippen LogP contribution in [0.3, 0.4) is 0 Å². The molecule has 0 saturated carbocycles. The molecule has 0 radical (unpaired) electrons. The van der Waals surface area contributed by atoms with Gasteiger partial charge in [0.25, 0.3) is 5.91 Å². The van der Waals surface area contributed by atoms with Crippen LogP contribution in [0.4, 0.5) is 5.69 Å². The fourth-order valence-corrected chi connectivity index (χ4v) is 2.18. The quantitative estimate of drug-likeness (QED) is 0.758. The first-order valence-electron chi connectivity index (χ1n) is 6.86. The molecule has 0 aromatic carbocycles. The maximum atomic E-state index is 12.1. The monoisotopic (exact) mass is 299 g/mol. The van der Waals surface area contributed by atoms with Crippen molar-refractivity contribution in [3.8, 4) is 11.5 Å². The predicted molar refractivity (Wildman–Crippen MR) is 76.3 cm³/mol. The van der Waals surface area contributed by atoms with Crippen LogP contribution >= 0.6 is 0 Å². The SMILES string of the molecule is O=C(Nc1cnn(C2CNC2)c1)c1cc(-c2ccco2)on1. The normalized spacial score (nSPS) is 14.7. The fourth-order valence-electron chi connectivity index (χ4n) is 2.18. The Hall–Kier alpha value is -2.87. The van der Waals surface area contributed by atoms with Gasteiger partial charge in [-0.25, -0.2) is 0 Å². The minimum atomic E-state index is -0.354. The van der Waals surface area contributed by atoms with E-state index < -0.39 is 0 Å². The van der Waals surface area contributed by atoms with Gasteiger partial charge in [-0.2, -0.15) is 5.10 Å². The maximum absolute atomic E-state index is 12.1. The Labute approximate surface area is 125 Å². The topological polar surface area (TPSA) is 98.1 Å². The van der Waals surface area contributed by atoms with E-state index in [1.54, 1.807) is 24.5 Å². The zero-order valence-electron chi connectivity index (χ0n) is 11.5. The van der Waals surface area contributed by atoms with Crippen molar-refractivity contribution in [1.29, 1.82) is 0 Å². The highest BCUT2D eigenvalue weighted by Crippen LogP contribution is 2.21. The maximum Gasteiger partial charge on any atom is 0.277 e. The Morgan fingerprint density at radius 1 is 1.41 bits per heavy atom. The van der Waals surface area contributed by atoms with E-state index in [2.05, 4.69) is 20.9 Å². The summed E-state index contributed by atoms with van der Waals surface area (Å²) in [5.74, 6) is 0.580. The summed E-state index contributed by atoms with van der Waals surface area (Å²) >= 11 is 0. The van der Waals surface area contributed by atoms with Gasteiger partial charge in [0.05, 0.1) is 24.2 Å². The molecule has 0 bridgehead atoms. The smallest absolute Gasteiger partial charge is 0.277 e. The molecule has 4 heterocycles. The molecule has 8 nitrogen and oxygen atoms in total. The third-order valence-corrected chi connectivity index (χ3v) is 3.50. The van der Waals surface area contributed by atoms with Crippen LogP contribution in [0.5, 0.6) is 0 Å². The van der Waals surface area contributed by atoms with Crippen LogP contribution in [-0.4, -0.2) is 33.9 Å². The number of nitrogens with one attached hydrogen (secondary N) is 2. The number of carbonyl (C=O) groups is 1. The highest BCUT2D eigenvalue weighted by Gasteiger charge is 2.20. The van der Waals surface area contributed by atoms with Crippen molar-refractivity contribution in [2.24, 2.45) is 0 Å². The van der Waals surface area contributed by atoms with E-state index in [9.17, 15) is 4.79 Å². The van der Waals surface area contributed by atoms with E-state index in [0.29, 0.717) is 23.2 Å². The zero-order chi connectivity index (χ0) is 14.9. The van der Waals surface area contributed by atoms with E-state index >= 15 is 0 Å². The molecule has 3 aromatic heterocycles. The molecular weight excluding hydrogens is 286 g/mol. The molecular formula is C14H13N5O3. The average molecular weight is 299 g/mol. The molecule has 4 rings (SSSR count). The Balaban J connectivity index is 1.46. The number of hydrogen-bond donors (Lipinski definition) is 2. The lowest BCUT2D eigenvalue weighted by atomic mass is 10.2. The molecule has 112 valence electrons. The summed E-state index contributed by atoms with van der Waals surface area (Å²) in [6.45, 7) is 1.79. The molecule has 8 heteroatoms. The molecule has 1 aliphatic heterocycles. The molecule has 2 N–H and O–H groups in total. The molecule has 0 atom stereocenters. The van der Waals surface area contributed by atoms with Crippen molar-refractivity contribution >= 4 is 11.6 Å². The van der Waals surface area contributed by atoms with E-state index in [1.165, 1.54) is 12.3 Å². The second kappa shape index (κ2) is 5.15. The third-order valence-electron chi connectivity index (χ3n) is 3.50. The van der Waals surface area contributed by atoms with Crippen molar-refractivity contribution in [2.75, 3.05) is 18.4 Å². The van der Waals surface area contributed by atoms with E-state index in [-0.39, 0.29) is 11.6 Å². The third kappa shape index (κ3) is 2.29. The van der Waals surface area contributed by atoms with Crippen molar-refractivity contribution < 1.29 is 13.7 Å². The minimum Gasteiger partial charge on any atom is -0.461 e. The number of nitrogens with zero attached hydrogens (tertiary/aromatic N) is 3. The van der Waals surface area contributed by atoms with Crippen molar-refractivity contribution in [3.05, 3.63) is 42.5 Å². The number of amides is 1. The molecule has 1 fully saturated rings. The number of rotatable bonds is 4. The van der Waals surface area contributed by atoms with Crippen LogP contribution in [0.15, 0.2) is 45.8 Å². The number of hydrogen-bond acceptors (Lipinski definition) is 6. The van der Waals surface area contributed by atoms with Crippen LogP contribution in [0, 0.1) is 0 Å². The Bertz CT molecular complexity index is 785. The molecule has 1 amide bonds. The highest BCUT2D eigenvalue weighted by atomic mass is 16.5. The Morgan fingerprint density at radius 2 is 2.32 bits per heavy atom. The number of furan rings is 1. The first-order chi connectivity index (χ1) is 10.8. The number of anilines is 1. The van der Waals surface area contributed by atoms with Gasteiger partial charge in [-0.1, -0.05) is 5.16 Å². The summed E-state index contributed by atoms with van der Waals surface area (Å²) in [7, 11) is 0. The van der Waals surface area contributed by atoms with Crippen LogP contribution in [-0.2, 0) is 0 Å². The molecule has 1 aliphatic rings. The molecule has 0 aliphatic carbocycles. The van der Waals surface area contributed by atoms with Crippen molar-refractivity contribution in [3.63, 3.8) is 0 Å². The van der Waals surface area contributed by atoms with Gasteiger partial charge in [-0.05, 0) is 12.1 Å². The van der Waals surface area contributed by atoms with Gasteiger partial charge in [0.2, 0.25) is 5.76 Å². The van der Waals surface area contributed by atoms with Crippen LogP contribution < -0.4 is 10.6 Å². The lowest BCUT2D eigenvalue weighted by Gasteiger charge is -2.27. The lowest BCUT2D eigenvalue weighted by molar-refractivity contribution is 0.101. The van der Waals surface area contributed by atoms with Crippen molar-refractivity contribution in [1.82, 2.24) is 20.3 Å². The van der Waals surface area contributed by atoms with Gasteiger partial charge in [0.15, 0.2) is 11.5 Å². The standard InChI is InChI=1S/C14H13N5O3/c20-14(11-4-13(22-18-11)12-2-1-3-21-12)17-9-5-16-19(8-9)10-6-15-7-10/h1-5,8,10,15H,6-7H2,(H,17,20). The number of carbonyl (C=O) groups excluding carboxylic acids is 1. The lowest BCUT2D eigenvalue weighted by Crippen LogP contribution is -2.43. The molecule has 0 spiro atoms. The summed E-state index contributed by atoms with van der Waals surface area (Å²) in [5, 5.41) is 13.9. The first kappa shape index (κ1) is 12.8. The largest absolute Gasteiger partial charge is 0.461 e. The van der Waals surface area contributed by atoms with Crippen LogP contribution in [0.25, 0.3) is 11.5 Å². The second-order valence-corrected chi connectivity index (χ2v) is 5.03. The second-order valence-electron chi connectivity index (χ2n) is 5.03. The zero-order valence-corrected chi connectivity index (χ0v) is 11.5. The Morgan fingerprint density at radius 3 is 3.05 bits per heavy atom. The number of aromatic nitrogens is 3. The summed E-state index contributed by atoms with van der Waals surface area (Å²) in [4.78, 5) is 12.1. The summed E-state index contributed by atoms with van der Waals surface area (Å²) in [5.41, 5.74) is 0.809. The van der Waals surface area contributed by atoms with Gasteiger partial charge in [0, 0.05) is 25.4 Å². The fraction of sp³-hybridized carbons (Fsp3) is 0.214. The van der Waals surface area contributed by atoms with Gasteiger partial charge >= 0.3 is 0 Å². The first-order valence-corrected chi connectivity index (χ1v) is 6.86.